The van der Waals surface area contributed by atoms with E-state index in [0.717, 1.165) is 12.6 Å². The molecular weight excluding hydrogens is 222 g/mol. The van der Waals surface area contributed by atoms with Crippen LogP contribution < -0.4 is 0 Å². The van der Waals surface area contributed by atoms with Gasteiger partial charge in [-0.2, -0.15) is 0 Å². The second-order valence-electron chi connectivity index (χ2n) is 2.17. The van der Waals surface area contributed by atoms with Gasteiger partial charge < -0.3 is 9.64 Å². The van der Waals surface area contributed by atoms with Crippen LogP contribution in [0.2, 0.25) is 0 Å². The van der Waals surface area contributed by atoms with Gasteiger partial charge in [-0.3, -0.25) is 0 Å². The van der Waals surface area contributed by atoms with Gasteiger partial charge in [-0.25, -0.2) is 4.79 Å². The van der Waals surface area contributed by atoms with E-state index < -0.39 is 0 Å². The van der Waals surface area contributed by atoms with Crippen molar-refractivity contribution < 1.29 is 9.53 Å². The number of esters is 1. The molecule has 12 heavy (non-hydrogen) atoms. The summed E-state index contributed by atoms with van der Waals surface area (Å²) in [5.41, 5.74) is 0. The molecule has 0 aromatic rings. The van der Waals surface area contributed by atoms with Gasteiger partial charge >= 0.3 is 5.97 Å². The highest BCUT2D eigenvalue weighted by atomic mass is 79.9. The van der Waals surface area contributed by atoms with Gasteiger partial charge in [0.15, 0.2) is 0 Å². The monoisotopic (exact) mass is 237 g/mol. The average Bonchev–Trinajstić information content (AvgIpc) is 2.07. The number of hydrogen-bond acceptors (Lipinski definition) is 3. The molecule has 0 atom stereocenters. The van der Waals surface area contributed by atoms with Crippen molar-refractivity contribution in [3.05, 3.63) is 12.7 Å². The molecule has 0 saturated heterocycles. The molecule has 0 unspecified atom stereocenters. The Morgan fingerprint density at radius 3 is 2.42 bits per heavy atom. The lowest BCUT2D eigenvalue weighted by molar-refractivity contribution is -0.137. The lowest BCUT2D eigenvalue weighted by Crippen LogP contribution is -2.19. The molecule has 0 saturated carbocycles. The molecule has 0 aromatic heterocycles. The molecule has 0 aliphatic heterocycles. The van der Waals surface area contributed by atoms with E-state index >= 15 is 0 Å². The van der Waals surface area contributed by atoms with Crippen LogP contribution in [0.1, 0.15) is 0 Å². The number of likely N-dealkylation sites (N-methyl/N-ethyl adjacent to an activating group) is 1. The van der Waals surface area contributed by atoms with Crippen LogP contribution in [0.25, 0.3) is 0 Å². The van der Waals surface area contributed by atoms with Crippen molar-refractivity contribution in [2.45, 2.75) is 0 Å². The predicted octanol–water partition coefficient (Wildman–Crippen LogP) is 1.29. The Morgan fingerprint density at radius 1 is 1.58 bits per heavy atom. The second-order valence-corrected chi connectivity index (χ2v) is 2.17. The van der Waals surface area contributed by atoms with Crippen LogP contribution in [0, 0.1) is 0 Å². The summed E-state index contributed by atoms with van der Waals surface area (Å²) in [5, 5.41) is 0. The molecule has 0 N–H and O–H groups in total. The van der Waals surface area contributed by atoms with Crippen LogP contribution in [0.3, 0.4) is 0 Å². The minimum absolute atomic E-state index is 0.359. The molecule has 0 rings (SSSR count). The maximum Gasteiger partial charge on any atom is 0.330 e. The van der Waals surface area contributed by atoms with Crippen molar-refractivity contribution in [1.29, 1.82) is 0 Å². The number of carbonyl (C=O) groups excluding carboxylic acids is 1. The Kier molecular flexibility index (Phi) is 12.6. The fraction of sp³-hybridized carbons (Fsp3) is 0.625. The Labute approximate surface area is 82.5 Å². The standard InChI is InChI=1S/C7H13NO2.CH3Br/c1-4-7(9)10-6-5-8(2)3;1-2/h4H,1,5-6H2,2-3H3;1H3. The third kappa shape index (κ3) is 12.3. The van der Waals surface area contributed by atoms with Crippen LogP contribution in [0.15, 0.2) is 12.7 Å². The number of alkyl halides is 1. The Morgan fingerprint density at radius 2 is 2.08 bits per heavy atom. The summed E-state index contributed by atoms with van der Waals surface area (Å²) in [4.78, 5) is 12.4. The fourth-order valence-corrected chi connectivity index (χ4v) is 0.388. The first-order chi connectivity index (χ1) is 5.66. The number of hydrogen-bond donors (Lipinski definition) is 0. The van der Waals surface area contributed by atoms with E-state index in [0.29, 0.717) is 6.61 Å². The zero-order chi connectivity index (χ0) is 9.98. The minimum Gasteiger partial charge on any atom is -0.461 e. The molecule has 0 fully saturated rings. The first kappa shape index (κ1) is 14.2. The molecule has 0 bridgehead atoms. The molecule has 0 aliphatic carbocycles. The first-order valence-corrected chi connectivity index (χ1v) is 5.07. The molecule has 0 amide bonds. The SMILES string of the molecule is C=CC(=O)OCCN(C)C.CBr. The van der Waals surface area contributed by atoms with Crippen molar-refractivity contribution >= 4 is 21.9 Å². The molecule has 3 nitrogen and oxygen atoms in total. The molecule has 0 spiro atoms. The third-order valence-corrected chi connectivity index (χ3v) is 0.949. The Hall–Kier alpha value is -0.350. The van der Waals surface area contributed by atoms with Gasteiger partial charge in [0, 0.05) is 12.6 Å². The van der Waals surface area contributed by atoms with Gasteiger partial charge in [0.05, 0.1) is 0 Å². The van der Waals surface area contributed by atoms with Crippen molar-refractivity contribution in [2.75, 3.05) is 33.1 Å². The topological polar surface area (TPSA) is 29.5 Å². The maximum atomic E-state index is 10.4. The Balaban J connectivity index is 0. The highest BCUT2D eigenvalue weighted by Gasteiger charge is 1.94. The third-order valence-electron chi connectivity index (χ3n) is 0.949. The van der Waals surface area contributed by atoms with E-state index in [4.69, 9.17) is 4.74 Å². The average molecular weight is 238 g/mol. The zero-order valence-corrected chi connectivity index (χ0v) is 9.43. The normalized spacial score (nSPS) is 8.42. The lowest BCUT2D eigenvalue weighted by Gasteiger charge is -2.07. The van der Waals surface area contributed by atoms with Crippen LogP contribution in [0.5, 0.6) is 0 Å². The number of ether oxygens (including phenoxy) is 1. The van der Waals surface area contributed by atoms with Crippen LogP contribution in [-0.4, -0.2) is 43.9 Å². The van der Waals surface area contributed by atoms with Gasteiger partial charge in [0.25, 0.3) is 0 Å². The van der Waals surface area contributed by atoms with E-state index in [2.05, 4.69) is 22.5 Å². The quantitative estimate of drug-likeness (QED) is 0.420. The molecule has 0 aromatic carbocycles. The number of rotatable bonds is 4. The summed E-state index contributed by atoms with van der Waals surface area (Å²) in [6.45, 7) is 4.45. The first-order valence-electron chi connectivity index (χ1n) is 3.48. The maximum absolute atomic E-state index is 10.4. The summed E-state index contributed by atoms with van der Waals surface area (Å²) in [6.07, 6.45) is 1.16. The Bertz CT molecular complexity index is 126. The van der Waals surface area contributed by atoms with Crippen molar-refractivity contribution in [1.82, 2.24) is 4.90 Å². The zero-order valence-electron chi connectivity index (χ0n) is 7.84. The van der Waals surface area contributed by atoms with Crippen molar-refractivity contribution in [3.63, 3.8) is 0 Å². The predicted molar refractivity (Wildman–Crippen MR) is 54.6 cm³/mol. The number of carbonyl (C=O) groups is 1. The van der Waals surface area contributed by atoms with Gasteiger partial charge in [-0.05, 0) is 19.9 Å². The second kappa shape index (κ2) is 10.7. The van der Waals surface area contributed by atoms with E-state index in [9.17, 15) is 4.79 Å². The molecule has 4 heteroatoms. The highest BCUT2D eigenvalue weighted by molar-refractivity contribution is 9.08. The van der Waals surface area contributed by atoms with E-state index in [-0.39, 0.29) is 5.97 Å². The number of nitrogens with zero attached hydrogens (tertiary/aromatic N) is 1. The molecule has 0 heterocycles. The minimum atomic E-state index is -0.359. The molecule has 72 valence electrons. The molecular formula is C8H16BrNO2. The van der Waals surface area contributed by atoms with E-state index in [1.807, 2.05) is 24.8 Å². The summed E-state index contributed by atoms with van der Waals surface area (Å²) in [6, 6.07) is 0. The van der Waals surface area contributed by atoms with Crippen molar-refractivity contribution in [2.24, 2.45) is 0 Å². The summed E-state index contributed by atoms with van der Waals surface area (Å²) in [7, 11) is 3.84. The summed E-state index contributed by atoms with van der Waals surface area (Å²) >= 11 is 2.94. The largest absolute Gasteiger partial charge is 0.461 e. The molecule has 0 aliphatic rings. The van der Waals surface area contributed by atoms with Gasteiger partial charge in [-0.15, -0.1) is 0 Å². The van der Waals surface area contributed by atoms with Gasteiger partial charge in [0.2, 0.25) is 0 Å². The van der Waals surface area contributed by atoms with E-state index in [1.54, 1.807) is 0 Å². The van der Waals surface area contributed by atoms with Crippen molar-refractivity contribution in [3.8, 4) is 0 Å². The molecule has 0 radical (unpaired) electrons. The summed E-state index contributed by atoms with van der Waals surface area (Å²) < 4.78 is 4.70. The lowest BCUT2D eigenvalue weighted by atomic mass is 10.6. The van der Waals surface area contributed by atoms with Gasteiger partial charge in [-0.1, -0.05) is 22.5 Å². The van der Waals surface area contributed by atoms with Gasteiger partial charge in [0.1, 0.15) is 6.61 Å². The van der Waals surface area contributed by atoms with Crippen LogP contribution in [0.4, 0.5) is 0 Å². The smallest absolute Gasteiger partial charge is 0.330 e. The fourth-order valence-electron chi connectivity index (χ4n) is 0.388. The van der Waals surface area contributed by atoms with E-state index in [1.165, 1.54) is 0 Å². The number of halogens is 1. The highest BCUT2D eigenvalue weighted by Crippen LogP contribution is 1.80. The summed E-state index contributed by atoms with van der Waals surface area (Å²) in [5.74, 6) is 1.45. The van der Waals surface area contributed by atoms with Crippen LogP contribution >= 0.6 is 15.9 Å². The van der Waals surface area contributed by atoms with Crippen LogP contribution in [-0.2, 0) is 9.53 Å².